The minimum Gasteiger partial charge on any atom is -0.477 e. The number of aromatic nitrogens is 1. The summed E-state index contributed by atoms with van der Waals surface area (Å²) in [5.41, 5.74) is 1.77. The first-order valence-electron chi connectivity index (χ1n) is 7.46. The lowest BCUT2D eigenvalue weighted by molar-refractivity contribution is -0.148. The molecule has 0 aromatic carbocycles. The van der Waals surface area contributed by atoms with Crippen LogP contribution in [0.3, 0.4) is 0 Å². The minimum absolute atomic E-state index is 0.0186. The predicted molar refractivity (Wildman–Crippen MR) is 75.3 cm³/mol. The highest BCUT2D eigenvalue weighted by atomic mass is 19.4. The van der Waals surface area contributed by atoms with Gasteiger partial charge in [0.15, 0.2) is 0 Å². The van der Waals surface area contributed by atoms with Gasteiger partial charge in [-0.25, -0.2) is 4.98 Å². The first-order valence-corrected chi connectivity index (χ1v) is 7.46. The zero-order chi connectivity index (χ0) is 16.9. The van der Waals surface area contributed by atoms with Crippen molar-refractivity contribution < 1.29 is 27.5 Å². The second kappa shape index (κ2) is 7.63. The van der Waals surface area contributed by atoms with Crippen LogP contribution < -0.4 is 10.2 Å². The van der Waals surface area contributed by atoms with Crippen LogP contribution in [0.15, 0.2) is 12.1 Å². The number of hydroxylamine groups is 1. The number of pyridine rings is 1. The van der Waals surface area contributed by atoms with Gasteiger partial charge < -0.3 is 9.57 Å². The van der Waals surface area contributed by atoms with E-state index >= 15 is 0 Å². The van der Waals surface area contributed by atoms with E-state index in [4.69, 9.17) is 4.74 Å². The molecule has 0 aliphatic heterocycles. The third-order valence-electron chi connectivity index (χ3n) is 3.64. The molecule has 1 aliphatic carbocycles. The van der Waals surface area contributed by atoms with Crippen molar-refractivity contribution in [2.45, 2.75) is 45.3 Å². The Morgan fingerprint density at radius 3 is 2.65 bits per heavy atom. The molecule has 8 heteroatoms. The standard InChI is InChI=1S/C15H19F3N2O3/c1-10(21)23-19-8-12-6-7-13(15(16,17)18)20-14(12)22-9-11-4-2-3-5-11/h6-7,11,19H,2-5,8-9H2,1H3. The number of rotatable bonds is 6. The number of alkyl halides is 3. The zero-order valence-corrected chi connectivity index (χ0v) is 12.8. The molecular weight excluding hydrogens is 313 g/mol. The monoisotopic (exact) mass is 332 g/mol. The maximum atomic E-state index is 12.8. The van der Waals surface area contributed by atoms with Gasteiger partial charge in [0.25, 0.3) is 0 Å². The number of hydrogen-bond donors (Lipinski definition) is 1. The van der Waals surface area contributed by atoms with E-state index in [0.717, 1.165) is 31.7 Å². The van der Waals surface area contributed by atoms with E-state index in [-0.39, 0.29) is 12.4 Å². The molecule has 1 N–H and O–H groups in total. The molecule has 0 amide bonds. The van der Waals surface area contributed by atoms with Crippen molar-refractivity contribution >= 4 is 5.97 Å². The molecule has 0 atom stereocenters. The molecule has 23 heavy (non-hydrogen) atoms. The number of nitrogens with zero attached hydrogens (tertiary/aromatic N) is 1. The van der Waals surface area contributed by atoms with E-state index < -0.39 is 17.8 Å². The van der Waals surface area contributed by atoms with E-state index in [1.54, 1.807) is 0 Å². The average molecular weight is 332 g/mol. The van der Waals surface area contributed by atoms with Crippen LogP contribution >= 0.6 is 0 Å². The topological polar surface area (TPSA) is 60.5 Å². The summed E-state index contributed by atoms with van der Waals surface area (Å²) in [5.74, 6) is -0.273. The van der Waals surface area contributed by atoms with Crippen molar-refractivity contribution in [1.29, 1.82) is 0 Å². The second-order valence-corrected chi connectivity index (χ2v) is 5.53. The maximum Gasteiger partial charge on any atom is 0.433 e. The summed E-state index contributed by atoms with van der Waals surface area (Å²) in [4.78, 5) is 18.9. The minimum atomic E-state index is -4.53. The maximum absolute atomic E-state index is 12.8. The van der Waals surface area contributed by atoms with Gasteiger partial charge in [0.2, 0.25) is 5.88 Å². The van der Waals surface area contributed by atoms with Gasteiger partial charge in [-0.15, -0.1) is 5.48 Å². The van der Waals surface area contributed by atoms with Gasteiger partial charge in [-0.3, -0.25) is 4.79 Å². The van der Waals surface area contributed by atoms with Gasteiger partial charge in [-0.2, -0.15) is 13.2 Å². The Kier molecular flexibility index (Phi) is 5.81. The number of hydrogen-bond acceptors (Lipinski definition) is 5. The number of nitrogens with one attached hydrogen (secondary N) is 1. The van der Waals surface area contributed by atoms with Gasteiger partial charge in [0.1, 0.15) is 5.69 Å². The van der Waals surface area contributed by atoms with Crippen LogP contribution in [0.2, 0.25) is 0 Å². The average Bonchev–Trinajstić information content (AvgIpc) is 2.97. The van der Waals surface area contributed by atoms with Gasteiger partial charge in [-0.05, 0) is 24.8 Å². The number of halogens is 3. The second-order valence-electron chi connectivity index (χ2n) is 5.53. The Labute approximate surface area is 132 Å². The first kappa shape index (κ1) is 17.5. The summed E-state index contributed by atoms with van der Waals surface area (Å²) in [6, 6.07) is 2.16. The van der Waals surface area contributed by atoms with E-state index in [1.807, 2.05) is 0 Å². The van der Waals surface area contributed by atoms with Crippen molar-refractivity contribution in [2.24, 2.45) is 5.92 Å². The molecule has 0 bridgehead atoms. The van der Waals surface area contributed by atoms with Crippen LogP contribution in [0.5, 0.6) is 5.88 Å². The molecule has 1 aliphatic rings. The molecule has 1 aromatic rings. The van der Waals surface area contributed by atoms with Crippen molar-refractivity contribution in [2.75, 3.05) is 6.61 Å². The van der Waals surface area contributed by atoms with Crippen molar-refractivity contribution in [1.82, 2.24) is 10.5 Å². The zero-order valence-electron chi connectivity index (χ0n) is 12.8. The Balaban J connectivity index is 2.09. The predicted octanol–water partition coefficient (Wildman–Crippen LogP) is 3.24. The Morgan fingerprint density at radius 2 is 2.04 bits per heavy atom. The fourth-order valence-electron chi connectivity index (χ4n) is 2.48. The van der Waals surface area contributed by atoms with Crippen molar-refractivity contribution in [3.8, 4) is 5.88 Å². The Bertz CT molecular complexity index is 543. The fraction of sp³-hybridized carbons (Fsp3) is 0.600. The summed E-state index contributed by atoms with van der Waals surface area (Å²) in [6.07, 6.45) is -0.275. The van der Waals surface area contributed by atoms with Gasteiger partial charge in [0, 0.05) is 12.5 Å². The highest BCUT2D eigenvalue weighted by Crippen LogP contribution is 2.31. The van der Waals surface area contributed by atoms with Crippen LogP contribution in [0.4, 0.5) is 13.2 Å². The smallest absolute Gasteiger partial charge is 0.433 e. The summed E-state index contributed by atoms with van der Waals surface area (Å²) in [6.45, 7) is 1.58. The van der Waals surface area contributed by atoms with Gasteiger partial charge in [0.05, 0.1) is 13.2 Å². The molecule has 0 radical (unpaired) electrons. The summed E-state index contributed by atoms with van der Waals surface area (Å²) in [5, 5.41) is 0. The molecule has 0 spiro atoms. The molecule has 0 saturated heterocycles. The van der Waals surface area contributed by atoms with Gasteiger partial charge >= 0.3 is 12.1 Å². The fourth-order valence-corrected chi connectivity index (χ4v) is 2.48. The lowest BCUT2D eigenvalue weighted by Crippen LogP contribution is -2.20. The van der Waals surface area contributed by atoms with E-state index in [2.05, 4.69) is 15.3 Å². The Hall–Kier alpha value is -1.83. The van der Waals surface area contributed by atoms with Crippen LogP contribution in [-0.2, 0) is 22.4 Å². The molecule has 5 nitrogen and oxygen atoms in total. The van der Waals surface area contributed by atoms with E-state index in [9.17, 15) is 18.0 Å². The van der Waals surface area contributed by atoms with Crippen LogP contribution in [0, 0.1) is 5.92 Å². The Morgan fingerprint density at radius 1 is 1.35 bits per heavy atom. The summed E-state index contributed by atoms with van der Waals surface area (Å²) < 4.78 is 43.9. The van der Waals surface area contributed by atoms with Gasteiger partial charge in [-0.1, -0.05) is 18.9 Å². The first-order chi connectivity index (χ1) is 10.9. The van der Waals surface area contributed by atoms with Crippen LogP contribution in [0.25, 0.3) is 0 Å². The lowest BCUT2D eigenvalue weighted by Gasteiger charge is -2.16. The molecule has 2 rings (SSSR count). The lowest BCUT2D eigenvalue weighted by atomic mass is 10.1. The van der Waals surface area contributed by atoms with E-state index in [0.29, 0.717) is 18.1 Å². The third-order valence-corrected chi connectivity index (χ3v) is 3.64. The summed E-state index contributed by atoms with van der Waals surface area (Å²) >= 11 is 0. The summed E-state index contributed by atoms with van der Waals surface area (Å²) in [7, 11) is 0. The largest absolute Gasteiger partial charge is 0.477 e. The normalized spacial score (nSPS) is 15.7. The quantitative estimate of drug-likeness (QED) is 0.811. The highest BCUT2D eigenvalue weighted by Gasteiger charge is 2.33. The number of carbonyl (C=O) groups excluding carboxylic acids is 1. The SMILES string of the molecule is CC(=O)ONCc1ccc(C(F)(F)F)nc1OCC1CCCC1. The number of ether oxygens (including phenoxy) is 1. The van der Waals surface area contributed by atoms with Crippen molar-refractivity contribution in [3.63, 3.8) is 0 Å². The highest BCUT2D eigenvalue weighted by molar-refractivity contribution is 5.65. The van der Waals surface area contributed by atoms with Crippen LogP contribution in [-0.4, -0.2) is 17.6 Å². The molecule has 128 valence electrons. The van der Waals surface area contributed by atoms with E-state index in [1.165, 1.54) is 13.0 Å². The molecular formula is C15H19F3N2O3. The molecule has 0 unspecified atom stereocenters. The number of carbonyl (C=O) groups is 1. The molecule has 1 heterocycles. The molecule has 1 fully saturated rings. The molecule has 1 aromatic heterocycles. The van der Waals surface area contributed by atoms with Crippen LogP contribution in [0.1, 0.15) is 43.9 Å². The molecule has 1 saturated carbocycles. The van der Waals surface area contributed by atoms with Crippen molar-refractivity contribution in [3.05, 3.63) is 23.4 Å². The third kappa shape index (κ3) is 5.38.